The number of rotatable bonds is 4. The van der Waals surface area contributed by atoms with Crippen LogP contribution in [0.1, 0.15) is 23.0 Å². The molecule has 3 N–H and O–H groups in total. The average molecular weight is 277 g/mol. The first-order chi connectivity index (χ1) is 9.63. The van der Waals surface area contributed by atoms with Gasteiger partial charge in [-0.3, -0.25) is 9.59 Å². The van der Waals surface area contributed by atoms with Crippen molar-refractivity contribution in [2.75, 3.05) is 13.1 Å². The number of hydrogen-bond donors (Lipinski definition) is 3. The van der Waals surface area contributed by atoms with Gasteiger partial charge in [0.05, 0.1) is 18.2 Å². The largest absolute Gasteiger partial charge is 0.481 e. The van der Waals surface area contributed by atoms with Crippen molar-refractivity contribution in [2.45, 2.75) is 18.5 Å². The first kappa shape index (κ1) is 12.8. The molecular formula is C12H15N5O3. The van der Waals surface area contributed by atoms with Gasteiger partial charge < -0.3 is 15.7 Å². The minimum Gasteiger partial charge on any atom is -0.481 e. The first-order valence-electron chi connectivity index (χ1n) is 6.48. The maximum Gasteiger partial charge on any atom is 0.310 e. The standard InChI is InChI=1S/C12H15N5O3/c18-11(14-8-2-1-7(3-8)12(19)20)10-6-17(16-15-10)9-4-13-5-9/h1-2,6-9,13H,3-5H2,(H,14,18)(H,19,20). The third kappa shape index (κ3) is 2.42. The molecule has 1 aromatic rings. The molecule has 1 amide bonds. The molecule has 106 valence electrons. The van der Waals surface area contributed by atoms with Crippen molar-refractivity contribution in [2.24, 2.45) is 5.92 Å². The SMILES string of the molecule is O=C(NC1C=CC(C(=O)O)C1)c1cn(C2CNC2)nn1. The van der Waals surface area contributed by atoms with E-state index in [-0.39, 0.29) is 23.7 Å². The zero-order valence-corrected chi connectivity index (χ0v) is 10.7. The lowest BCUT2D eigenvalue weighted by Gasteiger charge is -2.26. The number of nitrogens with one attached hydrogen (secondary N) is 2. The molecule has 1 aromatic heterocycles. The lowest BCUT2D eigenvalue weighted by Crippen LogP contribution is -2.43. The van der Waals surface area contributed by atoms with Crippen LogP contribution in [0.5, 0.6) is 0 Å². The molecule has 2 atom stereocenters. The van der Waals surface area contributed by atoms with Gasteiger partial charge in [0, 0.05) is 19.1 Å². The molecule has 2 heterocycles. The molecule has 1 fully saturated rings. The number of carbonyl (C=O) groups is 2. The normalized spacial score (nSPS) is 25.4. The van der Waals surface area contributed by atoms with Crippen LogP contribution < -0.4 is 10.6 Å². The van der Waals surface area contributed by atoms with E-state index in [0.717, 1.165) is 13.1 Å². The number of carboxylic acid groups (broad SMARTS) is 1. The number of aromatic nitrogens is 3. The molecule has 0 spiro atoms. The predicted molar refractivity (Wildman–Crippen MR) is 68.1 cm³/mol. The van der Waals surface area contributed by atoms with Crippen LogP contribution in [0, 0.1) is 5.92 Å². The molecule has 0 saturated carbocycles. The lowest BCUT2D eigenvalue weighted by atomic mass is 10.1. The fourth-order valence-corrected chi connectivity index (χ4v) is 2.25. The molecule has 8 heteroatoms. The topological polar surface area (TPSA) is 109 Å². The van der Waals surface area contributed by atoms with E-state index >= 15 is 0 Å². The molecule has 0 radical (unpaired) electrons. The summed E-state index contributed by atoms with van der Waals surface area (Å²) in [5.41, 5.74) is 0.254. The van der Waals surface area contributed by atoms with Crippen molar-refractivity contribution < 1.29 is 14.7 Å². The summed E-state index contributed by atoms with van der Waals surface area (Å²) >= 11 is 0. The van der Waals surface area contributed by atoms with Crippen LogP contribution in [0.2, 0.25) is 0 Å². The van der Waals surface area contributed by atoms with Gasteiger partial charge in [0.15, 0.2) is 5.69 Å². The molecule has 1 aliphatic carbocycles. The Balaban J connectivity index is 1.58. The lowest BCUT2D eigenvalue weighted by molar-refractivity contribution is -0.140. The minimum atomic E-state index is -0.874. The van der Waals surface area contributed by atoms with E-state index in [0.29, 0.717) is 6.42 Å². The summed E-state index contributed by atoms with van der Waals surface area (Å²) in [5, 5.41) is 22.5. The maximum absolute atomic E-state index is 12.0. The molecule has 8 nitrogen and oxygen atoms in total. The van der Waals surface area contributed by atoms with Crippen molar-refractivity contribution in [3.05, 3.63) is 24.0 Å². The van der Waals surface area contributed by atoms with Crippen LogP contribution in [0.25, 0.3) is 0 Å². The fraction of sp³-hybridized carbons (Fsp3) is 0.500. The number of aliphatic carboxylic acids is 1. The molecule has 0 bridgehead atoms. The van der Waals surface area contributed by atoms with Gasteiger partial charge in [-0.05, 0) is 6.42 Å². The Morgan fingerprint density at radius 3 is 2.80 bits per heavy atom. The zero-order valence-electron chi connectivity index (χ0n) is 10.7. The van der Waals surface area contributed by atoms with Crippen LogP contribution in [-0.4, -0.2) is 51.1 Å². The monoisotopic (exact) mass is 277 g/mol. The highest BCUT2D eigenvalue weighted by Crippen LogP contribution is 2.18. The van der Waals surface area contributed by atoms with Gasteiger partial charge in [-0.15, -0.1) is 5.10 Å². The second-order valence-electron chi connectivity index (χ2n) is 5.04. The van der Waals surface area contributed by atoms with Crippen molar-refractivity contribution >= 4 is 11.9 Å². The van der Waals surface area contributed by atoms with E-state index in [1.165, 1.54) is 0 Å². The third-order valence-corrected chi connectivity index (χ3v) is 3.59. The highest BCUT2D eigenvalue weighted by molar-refractivity contribution is 5.92. The van der Waals surface area contributed by atoms with Crippen LogP contribution >= 0.6 is 0 Å². The third-order valence-electron chi connectivity index (χ3n) is 3.59. The maximum atomic E-state index is 12.0. The first-order valence-corrected chi connectivity index (χ1v) is 6.48. The smallest absolute Gasteiger partial charge is 0.310 e. The molecule has 3 rings (SSSR count). The van der Waals surface area contributed by atoms with Crippen LogP contribution in [-0.2, 0) is 4.79 Å². The van der Waals surface area contributed by atoms with Gasteiger partial charge in [-0.25, -0.2) is 4.68 Å². The highest BCUT2D eigenvalue weighted by atomic mass is 16.4. The van der Waals surface area contributed by atoms with Gasteiger partial charge in [0.2, 0.25) is 0 Å². The van der Waals surface area contributed by atoms with E-state index in [9.17, 15) is 9.59 Å². The molecule has 0 aromatic carbocycles. The van der Waals surface area contributed by atoms with Gasteiger partial charge in [-0.2, -0.15) is 0 Å². The Morgan fingerprint density at radius 1 is 1.40 bits per heavy atom. The van der Waals surface area contributed by atoms with Crippen molar-refractivity contribution in [3.8, 4) is 0 Å². The summed E-state index contributed by atoms with van der Waals surface area (Å²) in [6.45, 7) is 1.66. The van der Waals surface area contributed by atoms with E-state index in [2.05, 4.69) is 20.9 Å². The molecular weight excluding hydrogens is 262 g/mol. The van der Waals surface area contributed by atoms with Crippen LogP contribution in [0.15, 0.2) is 18.3 Å². The summed E-state index contributed by atoms with van der Waals surface area (Å²) in [5.74, 6) is -1.73. The van der Waals surface area contributed by atoms with Crippen LogP contribution in [0.3, 0.4) is 0 Å². The number of nitrogens with zero attached hydrogens (tertiary/aromatic N) is 3. The molecule has 20 heavy (non-hydrogen) atoms. The van der Waals surface area contributed by atoms with Crippen LogP contribution in [0.4, 0.5) is 0 Å². The zero-order chi connectivity index (χ0) is 14.1. The van der Waals surface area contributed by atoms with Gasteiger partial charge in [0.25, 0.3) is 5.91 Å². The van der Waals surface area contributed by atoms with E-state index in [1.54, 1.807) is 23.0 Å². The second kappa shape index (κ2) is 5.04. The molecule has 2 unspecified atom stereocenters. The summed E-state index contributed by atoms with van der Waals surface area (Å²) in [4.78, 5) is 22.8. The minimum absolute atomic E-state index is 0.254. The second-order valence-corrected chi connectivity index (χ2v) is 5.04. The Labute approximate surface area is 114 Å². The highest BCUT2D eigenvalue weighted by Gasteiger charge is 2.27. The molecule has 1 aliphatic heterocycles. The number of carboxylic acids is 1. The molecule has 1 saturated heterocycles. The Kier molecular flexibility index (Phi) is 3.23. The number of carbonyl (C=O) groups excluding carboxylic acids is 1. The Hall–Kier alpha value is -2.22. The van der Waals surface area contributed by atoms with Gasteiger partial charge in [-0.1, -0.05) is 17.4 Å². The van der Waals surface area contributed by atoms with Crippen molar-refractivity contribution in [3.63, 3.8) is 0 Å². The summed E-state index contributed by atoms with van der Waals surface area (Å²) < 4.78 is 1.68. The van der Waals surface area contributed by atoms with Crippen molar-refractivity contribution in [1.29, 1.82) is 0 Å². The predicted octanol–water partition coefficient (Wildman–Crippen LogP) is -0.818. The fourth-order valence-electron chi connectivity index (χ4n) is 2.25. The quantitative estimate of drug-likeness (QED) is 0.620. The Bertz CT molecular complexity index is 563. The average Bonchev–Trinajstić information content (AvgIpc) is 2.95. The van der Waals surface area contributed by atoms with E-state index in [1.807, 2.05) is 0 Å². The van der Waals surface area contributed by atoms with E-state index in [4.69, 9.17) is 5.11 Å². The van der Waals surface area contributed by atoms with E-state index < -0.39 is 11.9 Å². The van der Waals surface area contributed by atoms with Gasteiger partial charge >= 0.3 is 5.97 Å². The Morgan fingerprint density at radius 2 is 2.20 bits per heavy atom. The summed E-state index contributed by atoms with van der Waals surface area (Å²) in [6, 6.07) is -0.00839. The van der Waals surface area contributed by atoms with Gasteiger partial charge in [0.1, 0.15) is 0 Å². The molecule has 2 aliphatic rings. The number of amides is 1. The van der Waals surface area contributed by atoms with Crippen molar-refractivity contribution in [1.82, 2.24) is 25.6 Å². The number of hydrogen-bond acceptors (Lipinski definition) is 5. The summed E-state index contributed by atoms with van der Waals surface area (Å²) in [6.07, 6.45) is 5.30. The summed E-state index contributed by atoms with van der Waals surface area (Å²) in [7, 11) is 0.